The van der Waals surface area contributed by atoms with Gasteiger partial charge in [-0.05, 0) is 19.9 Å². The third-order valence-electron chi connectivity index (χ3n) is 2.78. The number of hydrogen-bond acceptors (Lipinski definition) is 4. The van der Waals surface area contributed by atoms with Gasteiger partial charge in [-0.2, -0.15) is 0 Å². The van der Waals surface area contributed by atoms with Gasteiger partial charge in [0, 0.05) is 18.8 Å². The Morgan fingerprint density at radius 3 is 2.74 bits per heavy atom. The normalized spacial score (nSPS) is 10.7. The Morgan fingerprint density at radius 2 is 2.16 bits per heavy atom. The summed E-state index contributed by atoms with van der Waals surface area (Å²) in [6.45, 7) is 5.18. The van der Waals surface area contributed by atoms with Crippen molar-refractivity contribution in [3.05, 3.63) is 34.2 Å². The van der Waals surface area contributed by atoms with Gasteiger partial charge in [-0.15, -0.1) is 0 Å². The third-order valence-corrected chi connectivity index (χ3v) is 3.26. The molecule has 0 aliphatic rings. The molecule has 0 amide bonds. The van der Waals surface area contributed by atoms with E-state index in [1.807, 2.05) is 0 Å². The van der Waals surface area contributed by atoms with E-state index in [9.17, 15) is 9.59 Å². The van der Waals surface area contributed by atoms with Crippen molar-refractivity contribution in [1.29, 1.82) is 0 Å². The van der Waals surface area contributed by atoms with Crippen LogP contribution in [0.1, 0.15) is 40.4 Å². The van der Waals surface area contributed by atoms with E-state index >= 15 is 0 Å². The van der Waals surface area contributed by atoms with Crippen LogP contribution in [0.25, 0.3) is 5.65 Å². The molecule has 0 fully saturated rings. The monoisotopic (exact) mass is 280 g/mol. The molecule has 100 valence electrons. The molecular weight excluding hydrogens is 268 g/mol. The lowest BCUT2D eigenvalue weighted by Gasteiger charge is -2.08. The molecule has 0 aliphatic carbocycles. The zero-order chi connectivity index (χ0) is 14.2. The summed E-state index contributed by atoms with van der Waals surface area (Å²) >= 11 is 6.16. The van der Waals surface area contributed by atoms with Crippen LogP contribution in [-0.2, 0) is 4.74 Å². The van der Waals surface area contributed by atoms with Crippen molar-refractivity contribution in [2.24, 2.45) is 0 Å². The van der Waals surface area contributed by atoms with Crippen molar-refractivity contribution in [2.45, 2.75) is 20.8 Å². The van der Waals surface area contributed by atoms with E-state index in [2.05, 4.69) is 4.98 Å². The second-order valence-electron chi connectivity index (χ2n) is 4.09. The lowest BCUT2D eigenvalue weighted by atomic mass is 10.2. The minimum Gasteiger partial charge on any atom is -0.462 e. The molecule has 19 heavy (non-hydrogen) atoms. The van der Waals surface area contributed by atoms with E-state index in [1.165, 1.54) is 13.0 Å². The fourth-order valence-corrected chi connectivity index (χ4v) is 2.01. The van der Waals surface area contributed by atoms with Crippen LogP contribution in [0.2, 0.25) is 5.02 Å². The second-order valence-corrected chi connectivity index (χ2v) is 4.47. The number of pyridine rings is 1. The van der Waals surface area contributed by atoms with Crippen LogP contribution in [0.5, 0.6) is 0 Å². The molecule has 0 aromatic carbocycles. The Morgan fingerprint density at radius 1 is 1.47 bits per heavy atom. The number of esters is 1. The Kier molecular flexibility index (Phi) is 3.57. The molecule has 2 rings (SSSR count). The van der Waals surface area contributed by atoms with Crippen molar-refractivity contribution < 1.29 is 14.3 Å². The number of imidazole rings is 1. The number of rotatable bonds is 3. The summed E-state index contributed by atoms with van der Waals surface area (Å²) < 4.78 is 6.62. The highest BCUT2D eigenvalue weighted by Crippen LogP contribution is 2.24. The van der Waals surface area contributed by atoms with Crippen LogP contribution in [0.4, 0.5) is 0 Å². The van der Waals surface area contributed by atoms with E-state index in [-0.39, 0.29) is 18.0 Å². The molecule has 2 aromatic heterocycles. The Bertz CT molecular complexity index is 676. The van der Waals surface area contributed by atoms with Crippen molar-refractivity contribution in [3.8, 4) is 0 Å². The first-order valence-electron chi connectivity index (χ1n) is 5.82. The Balaban J connectivity index is 2.65. The predicted octanol–water partition coefficient (Wildman–Crippen LogP) is 2.68. The zero-order valence-electron chi connectivity index (χ0n) is 10.9. The quantitative estimate of drug-likeness (QED) is 0.641. The van der Waals surface area contributed by atoms with E-state index in [4.69, 9.17) is 16.3 Å². The van der Waals surface area contributed by atoms with E-state index < -0.39 is 5.97 Å². The molecular formula is C13H13ClN2O3. The predicted molar refractivity (Wildman–Crippen MR) is 70.9 cm³/mol. The molecule has 0 N–H and O–H groups in total. The summed E-state index contributed by atoms with van der Waals surface area (Å²) in [7, 11) is 0. The molecule has 5 nitrogen and oxygen atoms in total. The van der Waals surface area contributed by atoms with Gasteiger partial charge in [0.2, 0.25) is 0 Å². The maximum absolute atomic E-state index is 11.8. The number of aryl methyl sites for hydroxylation is 1. The summed E-state index contributed by atoms with van der Waals surface area (Å²) in [6, 6.07) is 1.53. The van der Waals surface area contributed by atoms with Crippen LogP contribution >= 0.6 is 11.6 Å². The number of Topliss-reactive ketones (excluding diaryl/α,β-unsaturated/α-hetero) is 1. The van der Waals surface area contributed by atoms with Gasteiger partial charge < -0.3 is 9.14 Å². The van der Waals surface area contributed by atoms with E-state index in [0.29, 0.717) is 22.1 Å². The molecule has 0 atom stereocenters. The van der Waals surface area contributed by atoms with Crippen LogP contribution < -0.4 is 0 Å². The van der Waals surface area contributed by atoms with Gasteiger partial charge >= 0.3 is 5.97 Å². The first kappa shape index (κ1) is 13.5. The minimum absolute atomic E-state index is 0.142. The van der Waals surface area contributed by atoms with Crippen molar-refractivity contribution in [2.75, 3.05) is 6.61 Å². The molecule has 0 radical (unpaired) electrons. The van der Waals surface area contributed by atoms with Crippen molar-refractivity contribution in [1.82, 2.24) is 9.38 Å². The average molecular weight is 281 g/mol. The highest BCUT2D eigenvalue weighted by molar-refractivity contribution is 6.34. The number of ether oxygens (including phenoxy) is 1. The van der Waals surface area contributed by atoms with Gasteiger partial charge in [-0.3, -0.25) is 4.79 Å². The van der Waals surface area contributed by atoms with Crippen LogP contribution in [0, 0.1) is 6.92 Å². The SMILES string of the molecule is CCOC(=O)c1cc2nc(C(C)=O)cn2c(C)c1Cl. The maximum atomic E-state index is 11.8. The lowest BCUT2D eigenvalue weighted by molar-refractivity contribution is 0.0526. The lowest BCUT2D eigenvalue weighted by Crippen LogP contribution is -2.08. The largest absolute Gasteiger partial charge is 0.462 e. The van der Waals surface area contributed by atoms with Gasteiger partial charge in [0.1, 0.15) is 11.3 Å². The average Bonchev–Trinajstić information content (AvgIpc) is 2.78. The number of ketones is 1. The first-order valence-corrected chi connectivity index (χ1v) is 6.19. The summed E-state index contributed by atoms with van der Waals surface area (Å²) in [5.74, 6) is -0.637. The number of halogens is 1. The van der Waals surface area contributed by atoms with Crippen LogP contribution in [0.15, 0.2) is 12.3 Å². The topological polar surface area (TPSA) is 60.7 Å². The number of nitrogens with zero attached hydrogens (tertiary/aromatic N) is 2. The smallest absolute Gasteiger partial charge is 0.339 e. The number of fused-ring (bicyclic) bond motifs is 1. The van der Waals surface area contributed by atoms with Gasteiger partial charge in [0.15, 0.2) is 5.78 Å². The third kappa shape index (κ3) is 2.33. The van der Waals surface area contributed by atoms with Crippen molar-refractivity contribution in [3.63, 3.8) is 0 Å². The van der Waals surface area contributed by atoms with E-state index in [1.54, 1.807) is 24.4 Å². The van der Waals surface area contributed by atoms with Crippen LogP contribution in [0.3, 0.4) is 0 Å². The standard InChI is InChI=1S/C13H13ClN2O3/c1-4-19-13(18)9-5-11-15-10(8(3)17)6-16(11)7(2)12(9)14/h5-6H,4H2,1-3H3. The Hall–Kier alpha value is -1.88. The number of aromatic nitrogens is 2. The fraction of sp³-hybridized carbons (Fsp3) is 0.308. The fourth-order valence-electron chi connectivity index (χ4n) is 1.79. The van der Waals surface area contributed by atoms with Crippen LogP contribution in [-0.4, -0.2) is 27.7 Å². The van der Waals surface area contributed by atoms with Crippen molar-refractivity contribution >= 4 is 29.0 Å². The molecule has 6 heteroatoms. The molecule has 2 heterocycles. The number of hydrogen-bond donors (Lipinski definition) is 0. The molecule has 0 saturated carbocycles. The highest BCUT2D eigenvalue weighted by atomic mass is 35.5. The maximum Gasteiger partial charge on any atom is 0.339 e. The van der Waals surface area contributed by atoms with Gasteiger partial charge in [0.05, 0.1) is 17.2 Å². The summed E-state index contributed by atoms with van der Waals surface area (Å²) in [5.41, 5.74) is 1.73. The second kappa shape index (κ2) is 5.01. The summed E-state index contributed by atoms with van der Waals surface area (Å²) in [4.78, 5) is 27.3. The molecule has 0 saturated heterocycles. The molecule has 0 bridgehead atoms. The Labute approximate surface area is 115 Å². The number of carbonyl (C=O) groups excluding carboxylic acids is 2. The van der Waals surface area contributed by atoms with Gasteiger partial charge in [0.25, 0.3) is 0 Å². The summed E-state index contributed by atoms with van der Waals surface area (Å²) in [5, 5.41) is 0.304. The minimum atomic E-state index is -0.495. The first-order chi connectivity index (χ1) is 8.95. The number of carbonyl (C=O) groups is 2. The molecule has 2 aromatic rings. The van der Waals surface area contributed by atoms with Gasteiger partial charge in [-0.25, -0.2) is 9.78 Å². The zero-order valence-corrected chi connectivity index (χ0v) is 11.6. The van der Waals surface area contributed by atoms with E-state index in [0.717, 1.165) is 0 Å². The summed E-state index contributed by atoms with van der Waals surface area (Å²) in [6.07, 6.45) is 1.60. The molecule has 0 spiro atoms. The highest BCUT2D eigenvalue weighted by Gasteiger charge is 2.18. The van der Waals surface area contributed by atoms with Gasteiger partial charge in [-0.1, -0.05) is 11.6 Å². The molecule has 0 aliphatic heterocycles. The molecule has 0 unspecified atom stereocenters.